The van der Waals surface area contributed by atoms with E-state index in [9.17, 15) is 24.8 Å². The van der Waals surface area contributed by atoms with Crippen LogP contribution >= 0.6 is 23.4 Å². The van der Waals surface area contributed by atoms with Gasteiger partial charge in [0.2, 0.25) is 0 Å². The van der Waals surface area contributed by atoms with E-state index in [1.54, 1.807) is 30.3 Å². The Kier molecular flexibility index (Phi) is 6.87. The molecule has 0 aromatic heterocycles. The molecule has 2 aliphatic heterocycles. The van der Waals surface area contributed by atoms with Crippen LogP contribution < -0.4 is 5.32 Å². The molecule has 2 aromatic carbocycles. The first-order valence-electron chi connectivity index (χ1n) is 12.2. The Bertz CT molecular complexity index is 1210. The van der Waals surface area contributed by atoms with Gasteiger partial charge in [0, 0.05) is 41.1 Å². The molecule has 2 aromatic rings. The number of hydrogen-bond acceptors (Lipinski definition) is 6. The van der Waals surface area contributed by atoms with E-state index in [1.807, 2.05) is 11.0 Å². The second-order valence-electron chi connectivity index (χ2n) is 9.86. The number of carbonyl (C=O) groups excluding carboxylic acids is 1. The number of aliphatic carboxylic acids is 1. The number of nitrogens with one attached hydrogen (secondary N) is 1. The molecule has 2 fully saturated rings. The zero-order valence-electron chi connectivity index (χ0n) is 19.8. The van der Waals surface area contributed by atoms with E-state index in [1.165, 1.54) is 17.8 Å². The highest BCUT2D eigenvalue weighted by molar-refractivity contribution is 8.00. The van der Waals surface area contributed by atoms with Crippen molar-refractivity contribution in [3.8, 4) is 0 Å². The molecule has 6 atom stereocenters. The fourth-order valence-electron chi connectivity index (χ4n) is 5.93. The van der Waals surface area contributed by atoms with Gasteiger partial charge in [0.1, 0.15) is 6.04 Å². The second-order valence-corrected chi connectivity index (χ2v) is 11.6. The van der Waals surface area contributed by atoms with Crippen molar-refractivity contribution in [2.24, 2.45) is 5.92 Å². The number of rotatable bonds is 5. The van der Waals surface area contributed by atoms with Crippen LogP contribution in [0, 0.1) is 16.0 Å². The molecule has 0 bridgehead atoms. The van der Waals surface area contributed by atoms with Crippen molar-refractivity contribution in [1.82, 2.24) is 4.90 Å². The number of benzene rings is 2. The minimum Gasteiger partial charge on any atom is -0.480 e. The van der Waals surface area contributed by atoms with Crippen LogP contribution in [0.1, 0.15) is 54.4 Å². The standard InChI is InChI=1S/C26H28ClN3O5S/c1-14-6-4-5-11-29(14)25(31)15-9-10-18-16(12-15)22-17(24(28-18)26(32)33)13-21(23(22)27)36-20-8-3-2-7-19(20)30(34)35/h2-3,7-10,12,14,17,21-24,28H,4-6,11,13H2,1H3,(H,32,33)/t14-,17-,21-,22+,23-,24+/m0/s1. The molecule has 2 heterocycles. The van der Waals surface area contributed by atoms with Crippen molar-refractivity contribution >= 4 is 46.6 Å². The lowest BCUT2D eigenvalue weighted by molar-refractivity contribution is -0.387. The molecule has 8 nitrogen and oxygen atoms in total. The van der Waals surface area contributed by atoms with Crippen molar-refractivity contribution in [1.29, 1.82) is 0 Å². The molecule has 0 spiro atoms. The molecule has 36 heavy (non-hydrogen) atoms. The topological polar surface area (TPSA) is 113 Å². The normalized spacial score (nSPS) is 29.1. The number of carboxylic acids is 1. The van der Waals surface area contributed by atoms with Crippen molar-refractivity contribution in [3.05, 3.63) is 63.7 Å². The molecule has 1 saturated heterocycles. The molecule has 2 N–H and O–H groups in total. The van der Waals surface area contributed by atoms with Crippen LogP contribution in [0.2, 0.25) is 0 Å². The molecule has 1 aliphatic carbocycles. The Hall–Kier alpha value is -2.78. The number of nitro groups is 1. The number of anilines is 1. The number of para-hydroxylation sites is 1. The summed E-state index contributed by atoms with van der Waals surface area (Å²) in [6.45, 7) is 2.80. The van der Waals surface area contributed by atoms with Gasteiger partial charge in [-0.1, -0.05) is 12.1 Å². The predicted molar refractivity (Wildman–Crippen MR) is 139 cm³/mol. The van der Waals surface area contributed by atoms with Gasteiger partial charge >= 0.3 is 5.97 Å². The van der Waals surface area contributed by atoms with E-state index < -0.39 is 22.3 Å². The number of alkyl halides is 1. The number of amides is 1. The van der Waals surface area contributed by atoms with Gasteiger partial charge in [-0.05, 0) is 68.4 Å². The van der Waals surface area contributed by atoms with Gasteiger partial charge in [0.15, 0.2) is 0 Å². The van der Waals surface area contributed by atoms with Crippen molar-refractivity contribution in [3.63, 3.8) is 0 Å². The van der Waals surface area contributed by atoms with Crippen LogP contribution in [0.4, 0.5) is 11.4 Å². The fraction of sp³-hybridized carbons (Fsp3) is 0.462. The summed E-state index contributed by atoms with van der Waals surface area (Å²) in [5.41, 5.74) is 2.11. The largest absolute Gasteiger partial charge is 0.480 e. The van der Waals surface area contributed by atoms with Crippen LogP contribution in [0.5, 0.6) is 0 Å². The molecule has 5 rings (SSSR count). The van der Waals surface area contributed by atoms with Gasteiger partial charge in [-0.25, -0.2) is 4.79 Å². The number of nitro benzene ring substituents is 1. The Morgan fingerprint density at radius 3 is 2.72 bits per heavy atom. The number of thioether (sulfide) groups is 1. The van der Waals surface area contributed by atoms with Crippen LogP contribution in [0.15, 0.2) is 47.4 Å². The number of fused-ring (bicyclic) bond motifs is 3. The molecule has 1 amide bonds. The summed E-state index contributed by atoms with van der Waals surface area (Å²) in [5.74, 6) is -1.58. The lowest BCUT2D eigenvalue weighted by Gasteiger charge is -2.37. The summed E-state index contributed by atoms with van der Waals surface area (Å²) in [4.78, 5) is 39.1. The molecular formula is C26H28ClN3O5S. The maximum absolute atomic E-state index is 13.4. The van der Waals surface area contributed by atoms with Crippen LogP contribution in [0.3, 0.4) is 0 Å². The fourth-order valence-corrected chi connectivity index (χ4v) is 7.87. The summed E-state index contributed by atoms with van der Waals surface area (Å²) in [7, 11) is 0. The first-order valence-corrected chi connectivity index (χ1v) is 13.6. The highest BCUT2D eigenvalue weighted by Crippen LogP contribution is 2.55. The maximum Gasteiger partial charge on any atom is 0.326 e. The van der Waals surface area contributed by atoms with Gasteiger partial charge in [-0.15, -0.1) is 23.4 Å². The number of hydrogen-bond donors (Lipinski definition) is 2. The van der Waals surface area contributed by atoms with Crippen LogP contribution in [0.25, 0.3) is 0 Å². The van der Waals surface area contributed by atoms with Crippen LogP contribution in [-0.2, 0) is 4.79 Å². The molecule has 3 aliphatic rings. The smallest absolute Gasteiger partial charge is 0.326 e. The zero-order valence-corrected chi connectivity index (χ0v) is 21.4. The number of nitrogens with zero attached hydrogens (tertiary/aromatic N) is 2. The highest BCUT2D eigenvalue weighted by Gasteiger charge is 2.52. The summed E-state index contributed by atoms with van der Waals surface area (Å²) in [5, 5.41) is 24.0. The van der Waals surface area contributed by atoms with E-state index >= 15 is 0 Å². The lowest BCUT2D eigenvalue weighted by Crippen LogP contribution is -2.43. The zero-order chi connectivity index (χ0) is 25.6. The first kappa shape index (κ1) is 24.9. The van der Waals surface area contributed by atoms with Gasteiger partial charge in [-0.3, -0.25) is 14.9 Å². The second kappa shape index (κ2) is 9.94. The van der Waals surface area contributed by atoms with E-state index in [0.29, 0.717) is 22.6 Å². The number of likely N-dealkylation sites (tertiary alicyclic amines) is 1. The molecule has 190 valence electrons. The number of piperidine rings is 1. The third-order valence-electron chi connectivity index (χ3n) is 7.73. The first-order chi connectivity index (χ1) is 17.3. The number of carbonyl (C=O) groups is 2. The summed E-state index contributed by atoms with van der Waals surface area (Å²) >= 11 is 8.36. The molecule has 10 heteroatoms. The Morgan fingerprint density at radius 1 is 1.22 bits per heavy atom. The van der Waals surface area contributed by atoms with Crippen LogP contribution in [-0.4, -0.2) is 56.1 Å². The Balaban J connectivity index is 1.48. The average molecular weight is 530 g/mol. The average Bonchev–Trinajstić information content (AvgIpc) is 3.19. The molecule has 0 radical (unpaired) electrons. The minimum absolute atomic E-state index is 0.0121. The Labute approximate surface area is 218 Å². The predicted octanol–water partition coefficient (Wildman–Crippen LogP) is 5.36. The Morgan fingerprint density at radius 2 is 2.00 bits per heavy atom. The van der Waals surface area contributed by atoms with E-state index in [-0.39, 0.29) is 34.7 Å². The van der Waals surface area contributed by atoms with Gasteiger partial charge in [-0.2, -0.15) is 0 Å². The third kappa shape index (κ3) is 4.43. The van der Waals surface area contributed by atoms with Gasteiger partial charge in [0.25, 0.3) is 11.6 Å². The number of halogens is 1. The molecule has 0 unspecified atom stereocenters. The summed E-state index contributed by atoms with van der Waals surface area (Å²) in [6.07, 6.45) is 3.57. The van der Waals surface area contributed by atoms with Gasteiger partial charge < -0.3 is 15.3 Å². The molecular weight excluding hydrogens is 502 g/mol. The van der Waals surface area contributed by atoms with E-state index in [2.05, 4.69) is 12.2 Å². The SMILES string of the molecule is C[C@H]1CCCCN1C(=O)c1ccc2c(c1)[C@H]1[C@@H](Cl)[C@@H](Sc3ccccc3[N+](=O)[O-])C[C@@H]1[C@H](C(=O)O)N2. The van der Waals surface area contributed by atoms with E-state index in [0.717, 1.165) is 31.4 Å². The summed E-state index contributed by atoms with van der Waals surface area (Å²) in [6, 6.07) is 11.3. The third-order valence-corrected chi connectivity index (χ3v) is 9.84. The number of carboxylic acid groups (broad SMARTS) is 1. The monoisotopic (exact) mass is 529 g/mol. The van der Waals surface area contributed by atoms with E-state index in [4.69, 9.17) is 11.6 Å². The van der Waals surface area contributed by atoms with Crippen molar-refractivity contribution in [2.45, 2.75) is 66.1 Å². The minimum atomic E-state index is -0.960. The quantitative estimate of drug-likeness (QED) is 0.304. The van der Waals surface area contributed by atoms with Crippen molar-refractivity contribution in [2.75, 3.05) is 11.9 Å². The summed E-state index contributed by atoms with van der Waals surface area (Å²) < 4.78 is 0. The van der Waals surface area contributed by atoms with Crippen molar-refractivity contribution < 1.29 is 19.6 Å². The molecule has 1 saturated carbocycles. The maximum atomic E-state index is 13.4. The highest BCUT2D eigenvalue weighted by atomic mass is 35.5. The van der Waals surface area contributed by atoms with Gasteiger partial charge in [0.05, 0.1) is 15.2 Å². The lowest BCUT2D eigenvalue weighted by atomic mass is 9.79.